The summed E-state index contributed by atoms with van der Waals surface area (Å²) in [6.07, 6.45) is 0. The Hall–Kier alpha value is -2.10. The molecule has 0 saturated carbocycles. The number of rotatable bonds is 4. The summed E-state index contributed by atoms with van der Waals surface area (Å²) < 4.78 is 19.4. The number of carbonyl (C=O) groups is 2. The lowest BCUT2D eigenvalue weighted by atomic mass is 10.0. The molecule has 2 N–H and O–H groups in total. The molecule has 0 radical (unpaired) electrons. The number of thioether (sulfide) groups is 1. The van der Waals surface area contributed by atoms with Crippen molar-refractivity contribution in [3.63, 3.8) is 0 Å². The van der Waals surface area contributed by atoms with Crippen LogP contribution in [0.4, 0.5) is 4.39 Å². The third-order valence-electron chi connectivity index (χ3n) is 5.17. The van der Waals surface area contributed by atoms with Crippen LogP contribution in [0.3, 0.4) is 0 Å². The monoisotopic (exact) mass is 425 g/mol. The molecule has 0 bridgehead atoms. The fourth-order valence-corrected chi connectivity index (χ4v) is 5.35. The van der Waals surface area contributed by atoms with Gasteiger partial charge in [-0.05, 0) is 19.1 Å². The quantitative estimate of drug-likeness (QED) is 0.730. The Labute approximate surface area is 169 Å². The van der Waals surface area contributed by atoms with Crippen LogP contribution in [-0.2, 0) is 11.4 Å². The largest absolute Gasteiger partial charge is 0.388 e. The summed E-state index contributed by atoms with van der Waals surface area (Å²) in [5.41, 5.74) is -0.351. The van der Waals surface area contributed by atoms with Crippen molar-refractivity contribution in [2.45, 2.75) is 43.2 Å². The molecular weight excluding hydrogens is 409 g/mol. The summed E-state index contributed by atoms with van der Waals surface area (Å²) in [5.74, 6) is -1.66. The average molecular weight is 426 g/mol. The van der Waals surface area contributed by atoms with Gasteiger partial charge in [-0.2, -0.15) is 0 Å². The summed E-state index contributed by atoms with van der Waals surface area (Å²) in [4.78, 5) is 27.1. The molecular formula is C18H17ClFN3O4S. The highest BCUT2D eigenvalue weighted by Gasteiger charge is 2.56. The maximum Gasteiger partial charge on any atom is 0.258 e. The Bertz CT molecular complexity index is 948. The highest BCUT2D eigenvalue weighted by molar-refractivity contribution is 8.01. The van der Waals surface area contributed by atoms with Crippen LogP contribution >= 0.6 is 23.4 Å². The Kier molecular flexibility index (Phi) is 4.84. The molecule has 2 aliphatic rings. The SMILES string of the molecule is CC1S[C@@H]2[C@H](NC(=O)c3c(-c4c(F)cccc4Cl)noc3CO)C(=O)N2[C@H]1C. The number of aliphatic hydroxyl groups excluding tert-OH is 1. The van der Waals surface area contributed by atoms with Crippen molar-refractivity contribution in [3.05, 3.63) is 40.4 Å². The lowest BCUT2D eigenvalue weighted by molar-refractivity contribution is -0.147. The number of carbonyl (C=O) groups excluding carboxylic acids is 2. The van der Waals surface area contributed by atoms with Gasteiger partial charge in [-0.25, -0.2) is 4.39 Å². The zero-order chi connectivity index (χ0) is 20.2. The van der Waals surface area contributed by atoms with Crippen LogP contribution in [0.25, 0.3) is 11.3 Å². The van der Waals surface area contributed by atoms with Crippen LogP contribution in [0.2, 0.25) is 5.02 Å². The third-order valence-corrected chi connectivity index (χ3v) is 7.09. The first kappa shape index (κ1) is 19.2. The number of amides is 2. The van der Waals surface area contributed by atoms with E-state index in [0.717, 1.165) is 0 Å². The van der Waals surface area contributed by atoms with Gasteiger partial charge in [0.1, 0.15) is 35.1 Å². The molecule has 148 valence electrons. The molecule has 0 spiro atoms. The van der Waals surface area contributed by atoms with Gasteiger partial charge in [0.15, 0.2) is 5.76 Å². The highest BCUT2D eigenvalue weighted by Crippen LogP contribution is 2.44. The number of nitrogens with zero attached hydrogens (tertiary/aromatic N) is 2. The van der Waals surface area contributed by atoms with E-state index in [1.807, 2.05) is 13.8 Å². The molecule has 7 nitrogen and oxygen atoms in total. The number of β-lactam (4-membered cyclic amide) rings is 1. The van der Waals surface area contributed by atoms with Gasteiger partial charge >= 0.3 is 0 Å². The van der Waals surface area contributed by atoms with Gasteiger partial charge < -0.3 is 19.8 Å². The molecule has 2 saturated heterocycles. The molecule has 2 aromatic rings. The molecule has 2 amide bonds. The zero-order valence-corrected chi connectivity index (χ0v) is 16.6. The molecule has 2 fully saturated rings. The first-order valence-electron chi connectivity index (χ1n) is 8.67. The first-order chi connectivity index (χ1) is 13.3. The van der Waals surface area contributed by atoms with Crippen LogP contribution in [0.5, 0.6) is 0 Å². The molecule has 3 heterocycles. The van der Waals surface area contributed by atoms with E-state index in [1.165, 1.54) is 18.2 Å². The Morgan fingerprint density at radius 3 is 2.89 bits per heavy atom. The third kappa shape index (κ3) is 2.80. The predicted octanol–water partition coefficient (Wildman–Crippen LogP) is 2.42. The van der Waals surface area contributed by atoms with Gasteiger partial charge in [-0.15, -0.1) is 11.8 Å². The highest BCUT2D eigenvalue weighted by atomic mass is 35.5. The summed E-state index contributed by atoms with van der Waals surface area (Å²) in [7, 11) is 0. The van der Waals surface area contributed by atoms with Crippen molar-refractivity contribution in [2.75, 3.05) is 0 Å². The van der Waals surface area contributed by atoms with Gasteiger partial charge in [0.05, 0.1) is 10.6 Å². The first-order valence-corrected chi connectivity index (χ1v) is 9.99. The van der Waals surface area contributed by atoms with Crippen LogP contribution in [0.1, 0.15) is 30.0 Å². The van der Waals surface area contributed by atoms with Gasteiger partial charge in [0.2, 0.25) is 5.91 Å². The van der Waals surface area contributed by atoms with Gasteiger partial charge in [-0.1, -0.05) is 29.7 Å². The standard InChI is InChI=1S/C18H17ClFN3O4S/c1-7-8(2)28-18-15(17(26)23(7)18)21-16(25)13-11(6-24)27-22-14(13)12-9(19)4-3-5-10(12)20/h3-5,7-8,15,18,24H,6H2,1-2H3,(H,21,25)/t7-,8?,15+,18+/m0/s1. The molecule has 10 heteroatoms. The fourth-order valence-electron chi connectivity index (χ4n) is 3.53. The van der Waals surface area contributed by atoms with Crippen molar-refractivity contribution in [1.82, 2.24) is 15.4 Å². The fraction of sp³-hybridized carbons (Fsp3) is 0.389. The van der Waals surface area contributed by atoms with Crippen molar-refractivity contribution < 1.29 is 23.6 Å². The second-order valence-electron chi connectivity index (χ2n) is 6.75. The van der Waals surface area contributed by atoms with Crippen LogP contribution < -0.4 is 5.32 Å². The second kappa shape index (κ2) is 7.06. The number of hydrogen-bond acceptors (Lipinski definition) is 6. The van der Waals surface area contributed by atoms with E-state index in [2.05, 4.69) is 10.5 Å². The van der Waals surface area contributed by atoms with Gasteiger partial charge in [0, 0.05) is 11.3 Å². The van der Waals surface area contributed by atoms with Crippen molar-refractivity contribution in [2.24, 2.45) is 0 Å². The Morgan fingerprint density at radius 2 is 2.21 bits per heavy atom. The van der Waals surface area contributed by atoms with E-state index in [1.54, 1.807) is 16.7 Å². The zero-order valence-electron chi connectivity index (χ0n) is 15.0. The lowest BCUT2D eigenvalue weighted by Gasteiger charge is -2.43. The number of fused-ring (bicyclic) bond motifs is 1. The van der Waals surface area contributed by atoms with Crippen molar-refractivity contribution in [3.8, 4) is 11.3 Å². The van der Waals surface area contributed by atoms with Crippen molar-refractivity contribution in [1.29, 1.82) is 0 Å². The predicted molar refractivity (Wildman–Crippen MR) is 101 cm³/mol. The Morgan fingerprint density at radius 1 is 1.46 bits per heavy atom. The molecule has 4 rings (SSSR count). The number of benzene rings is 1. The Balaban J connectivity index is 1.66. The minimum Gasteiger partial charge on any atom is -0.388 e. The van der Waals surface area contributed by atoms with E-state index in [9.17, 15) is 19.1 Å². The molecule has 0 aliphatic carbocycles. The number of aliphatic hydroxyl groups is 1. The lowest BCUT2D eigenvalue weighted by Crippen LogP contribution is -2.68. The summed E-state index contributed by atoms with van der Waals surface area (Å²) in [6, 6.07) is 3.46. The van der Waals surface area contributed by atoms with E-state index in [4.69, 9.17) is 16.1 Å². The maximum atomic E-state index is 14.3. The van der Waals surface area contributed by atoms with E-state index in [0.29, 0.717) is 0 Å². The molecule has 2 aliphatic heterocycles. The van der Waals surface area contributed by atoms with Gasteiger partial charge in [-0.3, -0.25) is 9.59 Å². The molecule has 1 unspecified atom stereocenters. The van der Waals surface area contributed by atoms with E-state index in [-0.39, 0.29) is 50.2 Å². The number of nitrogens with one attached hydrogen (secondary N) is 1. The van der Waals surface area contributed by atoms with Crippen LogP contribution in [0.15, 0.2) is 22.7 Å². The minimum absolute atomic E-state index is 0.0479. The summed E-state index contributed by atoms with van der Waals surface area (Å²) in [6.45, 7) is 3.39. The molecule has 1 aromatic heterocycles. The molecule has 4 atom stereocenters. The van der Waals surface area contributed by atoms with Crippen molar-refractivity contribution >= 4 is 35.2 Å². The average Bonchev–Trinajstić information content (AvgIpc) is 3.19. The maximum absolute atomic E-state index is 14.3. The van der Waals surface area contributed by atoms with Crippen LogP contribution in [0, 0.1) is 5.82 Å². The normalized spacial score (nSPS) is 26.2. The summed E-state index contributed by atoms with van der Waals surface area (Å²) >= 11 is 7.70. The van der Waals surface area contributed by atoms with E-state index >= 15 is 0 Å². The number of halogens is 2. The van der Waals surface area contributed by atoms with E-state index < -0.39 is 24.4 Å². The number of hydrogen-bond donors (Lipinski definition) is 2. The van der Waals surface area contributed by atoms with Crippen LogP contribution in [-0.4, -0.2) is 49.7 Å². The van der Waals surface area contributed by atoms with Gasteiger partial charge in [0.25, 0.3) is 5.91 Å². The minimum atomic E-state index is -0.699. The topological polar surface area (TPSA) is 95.7 Å². The second-order valence-corrected chi connectivity index (χ2v) is 8.66. The number of aromatic nitrogens is 1. The smallest absolute Gasteiger partial charge is 0.258 e. The molecule has 28 heavy (non-hydrogen) atoms. The summed E-state index contributed by atoms with van der Waals surface area (Å²) in [5, 5.41) is 16.1. The molecule has 1 aromatic carbocycles.